The predicted octanol–water partition coefficient (Wildman–Crippen LogP) is 2.26. The summed E-state index contributed by atoms with van der Waals surface area (Å²) in [4.78, 5) is 2.82. The Bertz CT molecular complexity index is 344. The van der Waals surface area contributed by atoms with E-state index in [2.05, 4.69) is 31.3 Å². The average molecular weight is 301 g/mol. The Labute approximate surface area is 126 Å². The molecule has 1 N–H and O–H groups in total. The van der Waals surface area contributed by atoms with Gasteiger partial charge in [-0.3, -0.25) is 0 Å². The van der Waals surface area contributed by atoms with Gasteiger partial charge in [-0.05, 0) is 32.4 Å². The first-order valence-electron chi connectivity index (χ1n) is 7.15. The molecular formula is C15H27NO3S. The van der Waals surface area contributed by atoms with Crippen molar-refractivity contribution >= 4 is 11.3 Å². The minimum atomic E-state index is 0.481. The third-order valence-corrected chi connectivity index (χ3v) is 3.87. The highest BCUT2D eigenvalue weighted by Crippen LogP contribution is 2.16. The van der Waals surface area contributed by atoms with Gasteiger partial charge < -0.3 is 19.5 Å². The van der Waals surface area contributed by atoms with Crippen molar-refractivity contribution < 1.29 is 14.2 Å². The molecule has 0 radical (unpaired) electrons. The summed E-state index contributed by atoms with van der Waals surface area (Å²) in [7, 11) is 1.67. The molecule has 5 heteroatoms. The maximum atomic E-state index is 5.49. The quantitative estimate of drug-likeness (QED) is 0.601. The number of hydrogen-bond acceptors (Lipinski definition) is 5. The van der Waals surface area contributed by atoms with Gasteiger partial charge in [0, 0.05) is 29.5 Å². The molecule has 0 aliphatic carbocycles. The van der Waals surface area contributed by atoms with Crippen LogP contribution in [0.4, 0.5) is 0 Å². The van der Waals surface area contributed by atoms with Crippen molar-refractivity contribution in [2.45, 2.75) is 26.3 Å². The summed E-state index contributed by atoms with van der Waals surface area (Å²) in [5.74, 6) is 0. The Hall–Kier alpha value is -0.460. The van der Waals surface area contributed by atoms with Crippen LogP contribution in [0.25, 0.3) is 0 Å². The zero-order chi connectivity index (χ0) is 14.6. The lowest BCUT2D eigenvalue weighted by Crippen LogP contribution is -2.31. The Morgan fingerprint density at radius 1 is 1.10 bits per heavy atom. The second-order valence-corrected chi connectivity index (χ2v) is 6.16. The SMILES string of the molecule is COCCOCCOCCNC(C)Cc1ccc(C)s1. The van der Waals surface area contributed by atoms with Crippen molar-refractivity contribution in [2.24, 2.45) is 0 Å². The molecule has 0 bridgehead atoms. The summed E-state index contributed by atoms with van der Waals surface area (Å²) in [6, 6.07) is 4.88. The van der Waals surface area contributed by atoms with Gasteiger partial charge in [0.15, 0.2) is 0 Å². The second-order valence-electron chi connectivity index (χ2n) is 4.79. The molecule has 0 saturated carbocycles. The van der Waals surface area contributed by atoms with Gasteiger partial charge in [0.25, 0.3) is 0 Å². The van der Waals surface area contributed by atoms with E-state index in [1.54, 1.807) is 7.11 Å². The lowest BCUT2D eigenvalue weighted by molar-refractivity contribution is 0.0253. The van der Waals surface area contributed by atoms with E-state index < -0.39 is 0 Å². The van der Waals surface area contributed by atoms with E-state index in [1.165, 1.54) is 9.75 Å². The fraction of sp³-hybridized carbons (Fsp3) is 0.733. The monoisotopic (exact) mass is 301 g/mol. The van der Waals surface area contributed by atoms with Gasteiger partial charge in [0.1, 0.15) is 0 Å². The molecule has 116 valence electrons. The van der Waals surface area contributed by atoms with Crippen molar-refractivity contribution in [3.63, 3.8) is 0 Å². The van der Waals surface area contributed by atoms with E-state index >= 15 is 0 Å². The summed E-state index contributed by atoms with van der Waals surface area (Å²) < 4.78 is 15.7. The number of aryl methyl sites for hydroxylation is 1. The number of ether oxygens (including phenoxy) is 3. The first kappa shape index (κ1) is 17.6. The molecule has 1 unspecified atom stereocenters. The van der Waals surface area contributed by atoms with Crippen molar-refractivity contribution in [1.29, 1.82) is 0 Å². The Morgan fingerprint density at radius 2 is 1.80 bits per heavy atom. The highest BCUT2D eigenvalue weighted by Gasteiger charge is 2.04. The predicted molar refractivity (Wildman–Crippen MR) is 83.7 cm³/mol. The maximum absolute atomic E-state index is 5.49. The highest BCUT2D eigenvalue weighted by atomic mass is 32.1. The zero-order valence-corrected chi connectivity index (χ0v) is 13.6. The van der Waals surface area contributed by atoms with Gasteiger partial charge in [-0.1, -0.05) is 0 Å². The molecule has 1 atom stereocenters. The van der Waals surface area contributed by atoms with Gasteiger partial charge in [0.05, 0.1) is 33.0 Å². The Kier molecular flexibility index (Phi) is 9.87. The first-order chi connectivity index (χ1) is 9.72. The van der Waals surface area contributed by atoms with Crippen LogP contribution in [0.5, 0.6) is 0 Å². The molecule has 20 heavy (non-hydrogen) atoms. The van der Waals surface area contributed by atoms with E-state index in [0.29, 0.717) is 32.5 Å². The lowest BCUT2D eigenvalue weighted by atomic mass is 10.2. The van der Waals surface area contributed by atoms with Gasteiger partial charge in [0.2, 0.25) is 0 Å². The third-order valence-electron chi connectivity index (χ3n) is 2.85. The molecule has 0 saturated heterocycles. The van der Waals surface area contributed by atoms with Crippen LogP contribution in [0.1, 0.15) is 16.7 Å². The molecule has 0 aromatic carbocycles. The largest absolute Gasteiger partial charge is 0.382 e. The van der Waals surface area contributed by atoms with Crippen LogP contribution >= 0.6 is 11.3 Å². The number of hydrogen-bond donors (Lipinski definition) is 1. The molecule has 0 amide bonds. The van der Waals surface area contributed by atoms with Gasteiger partial charge >= 0.3 is 0 Å². The summed E-state index contributed by atoms with van der Waals surface area (Å²) in [5.41, 5.74) is 0. The van der Waals surface area contributed by atoms with Crippen LogP contribution in [0.2, 0.25) is 0 Å². The van der Waals surface area contributed by atoms with Crippen LogP contribution in [-0.4, -0.2) is 52.7 Å². The van der Waals surface area contributed by atoms with E-state index in [0.717, 1.165) is 19.6 Å². The number of rotatable bonds is 12. The van der Waals surface area contributed by atoms with Crippen LogP contribution in [0.3, 0.4) is 0 Å². The summed E-state index contributed by atoms with van der Waals surface area (Å²) in [6.45, 7) is 8.51. The van der Waals surface area contributed by atoms with E-state index in [9.17, 15) is 0 Å². The molecule has 0 fully saturated rings. The van der Waals surface area contributed by atoms with Gasteiger partial charge in [-0.25, -0.2) is 0 Å². The molecule has 0 spiro atoms. The van der Waals surface area contributed by atoms with Crippen molar-refractivity contribution in [3.8, 4) is 0 Å². The Morgan fingerprint density at radius 3 is 2.45 bits per heavy atom. The second kappa shape index (κ2) is 11.2. The summed E-state index contributed by atoms with van der Waals surface area (Å²) in [6.07, 6.45) is 1.08. The van der Waals surface area contributed by atoms with Crippen LogP contribution in [-0.2, 0) is 20.6 Å². The minimum Gasteiger partial charge on any atom is -0.382 e. The van der Waals surface area contributed by atoms with Crippen molar-refractivity contribution in [2.75, 3.05) is 46.7 Å². The molecule has 1 rings (SSSR count). The minimum absolute atomic E-state index is 0.481. The number of thiophene rings is 1. The molecule has 1 aromatic heterocycles. The highest BCUT2D eigenvalue weighted by molar-refractivity contribution is 7.11. The van der Waals surface area contributed by atoms with Crippen LogP contribution in [0.15, 0.2) is 12.1 Å². The normalized spacial score (nSPS) is 12.8. The molecular weight excluding hydrogens is 274 g/mol. The van der Waals surface area contributed by atoms with E-state index in [4.69, 9.17) is 14.2 Å². The van der Waals surface area contributed by atoms with E-state index in [-0.39, 0.29) is 0 Å². The lowest BCUT2D eigenvalue weighted by Gasteiger charge is -2.13. The third kappa shape index (κ3) is 8.66. The fourth-order valence-electron chi connectivity index (χ4n) is 1.81. The smallest absolute Gasteiger partial charge is 0.0701 e. The Balaban J connectivity index is 1.90. The standard InChI is InChI=1S/C15H27NO3S/c1-13(12-15-5-4-14(2)20-15)16-6-7-18-10-11-19-9-8-17-3/h4-5,13,16H,6-12H2,1-3H3. The topological polar surface area (TPSA) is 39.7 Å². The van der Waals surface area contributed by atoms with Crippen LogP contribution in [0, 0.1) is 6.92 Å². The summed E-state index contributed by atoms with van der Waals surface area (Å²) in [5, 5.41) is 3.47. The molecule has 0 aliphatic rings. The zero-order valence-electron chi connectivity index (χ0n) is 12.8. The number of nitrogens with one attached hydrogen (secondary N) is 1. The molecule has 1 heterocycles. The first-order valence-corrected chi connectivity index (χ1v) is 7.97. The van der Waals surface area contributed by atoms with Crippen molar-refractivity contribution in [3.05, 3.63) is 21.9 Å². The summed E-state index contributed by atoms with van der Waals surface area (Å²) >= 11 is 1.87. The van der Waals surface area contributed by atoms with E-state index in [1.807, 2.05) is 11.3 Å². The average Bonchev–Trinajstić information content (AvgIpc) is 2.82. The maximum Gasteiger partial charge on any atom is 0.0701 e. The van der Waals surface area contributed by atoms with Gasteiger partial charge in [-0.15, -0.1) is 11.3 Å². The van der Waals surface area contributed by atoms with Crippen molar-refractivity contribution in [1.82, 2.24) is 5.32 Å². The molecule has 1 aromatic rings. The molecule has 0 aliphatic heterocycles. The molecule has 4 nitrogen and oxygen atoms in total. The fourth-order valence-corrected chi connectivity index (χ4v) is 2.83. The van der Waals surface area contributed by atoms with Gasteiger partial charge in [-0.2, -0.15) is 0 Å². The van der Waals surface area contributed by atoms with Crippen LogP contribution < -0.4 is 5.32 Å². The number of methoxy groups -OCH3 is 1.